The molecule has 19 heavy (non-hydrogen) atoms. The van der Waals surface area contributed by atoms with Gasteiger partial charge in [0, 0.05) is 6.54 Å². The summed E-state index contributed by atoms with van der Waals surface area (Å²) in [5, 5.41) is 11.8. The molecule has 112 valence electrons. The smallest absolute Gasteiger partial charge is 0.407 e. The number of carbonyl (C=O) groups excluding carboxylic acids is 1. The Bertz CT molecular complexity index is 321. The van der Waals surface area contributed by atoms with E-state index in [9.17, 15) is 9.59 Å². The van der Waals surface area contributed by atoms with Crippen LogP contribution in [0.3, 0.4) is 0 Å². The van der Waals surface area contributed by atoms with Crippen molar-refractivity contribution < 1.29 is 19.4 Å². The van der Waals surface area contributed by atoms with Crippen molar-refractivity contribution in [1.29, 1.82) is 0 Å². The third-order valence-corrected chi connectivity index (χ3v) is 2.76. The van der Waals surface area contributed by atoms with E-state index in [1.807, 2.05) is 27.7 Å². The summed E-state index contributed by atoms with van der Waals surface area (Å²) in [6.45, 7) is 11.9. The second-order valence-corrected chi connectivity index (χ2v) is 6.88. The molecule has 5 nitrogen and oxygen atoms in total. The standard InChI is InChI=1S/C14H27NO4/c1-10(2)7-19-12(18)15-9-13(3,4)8-14(5,6)11(16)17/h10H,7-9H2,1-6H3,(H,15,18)(H,16,17). The van der Waals surface area contributed by atoms with Crippen molar-refractivity contribution in [2.24, 2.45) is 16.7 Å². The summed E-state index contributed by atoms with van der Waals surface area (Å²) in [7, 11) is 0. The zero-order valence-electron chi connectivity index (χ0n) is 12.9. The number of carboxylic acids is 1. The maximum atomic E-state index is 11.4. The van der Waals surface area contributed by atoms with Crippen molar-refractivity contribution >= 4 is 12.1 Å². The lowest BCUT2D eigenvalue weighted by atomic mass is 9.75. The third kappa shape index (κ3) is 7.70. The van der Waals surface area contributed by atoms with Crippen LogP contribution in [0.15, 0.2) is 0 Å². The van der Waals surface area contributed by atoms with Gasteiger partial charge in [0.2, 0.25) is 0 Å². The van der Waals surface area contributed by atoms with Gasteiger partial charge in [0.25, 0.3) is 0 Å². The third-order valence-electron chi connectivity index (χ3n) is 2.76. The molecule has 0 aliphatic rings. The predicted octanol–water partition coefficient (Wildman–Crippen LogP) is 2.90. The van der Waals surface area contributed by atoms with Crippen LogP contribution in [0.2, 0.25) is 0 Å². The molecular formula is C14H27NO4. The Morgan fingerprint density at radius 2 is 1.74 bits per heavy atom. The van der Waals surface area contributed by atoms with Gasteiger partial charge in [0.05, 0.1) is 12.0 Å². The second kappa shape index (κ2) is 6.78. The van der Waals surface area contributed by atoms with E-state index in [0.29, 0.717) is 25.5 Å². The highest BCUT2D eigenvalue weighted by Crippen LogP contribution is 2.33. The zero-order chi connectivity index (χ0) is 15.3. The molecular weight excluding hydrogens is 246 g/mol. The van der Waals surface area contributed by atoms with Crippen LogP contribution in [-0.4, -0.2) is 30.3 Å². The molecule has 0 rings (SSSR count). The van der Waals surface area contributed by atoms with E-state index in [0.717, 1.165) is 0 Å². The molecule has 2 N–H and O–H groups in total. The highest BCUT2D eigenvalue weighted by atomic mass is 16.5. The molecule has 0 aromatic rings. The van der Waals surface area contributed by atoms with Gasteiger partial charge < -0.3 is 15.2 Å². The Morgan fingerprint density at radius 1 is 1.21 bits per heavy atom. The van der Waals surface area contributed by atoms with Gasteiger partial charge in [-0.1, -0.05) is 27.7 Å². The lowest BCUT2D eigenvalue weighted by molar-refractivity contribution is -0.148. The van der Waals surface area contributed by atoms with Gasteiger partial charge in [0.15, 0.2) is 0 Å². The van der Waals surface area contributed by atoms with E-state index in [4.69, 9.17) is 9.84 Å². The number of alkyl carbamates (subject to hydrolysis) is 1. The summed E-state index contributed by atoms with van der Waals surface area (Å²) in [4.78, 5) is 22.5. The summed E-state index contributed by atoms with van der Waals surface area (Å²) < 4.78 is 5.01. The fourth-order valence-electron chi connectivity index (χ4n) is 1.94. The minimum Gasteiger partial charge on any atom is -0.481 e. The summed E-state index contributed by atoms with van der Waals surface area (Å²) in [5.74, 6) is -0.535. The van der Waals surface area contributed by atoms with E-state index in [2.05, 4.69) is 5.32 Å². The van der Waals surface area contributed by atoms with Crippen LogP contribution in [0.4, 0.5) is 4.79 Å². The fraction of sp³-hybridized carbons (Fsp3) is 0.857. The van der Waals surface area contributed by atoms with Crippen molar-refractivity contribution in [2.45, 2.75) is 48.0 Å². The average Bonchev–Trinajstić information content (AvgIpc) is 2.22. The van der Waals surface area contributed by atoms with Gasteiger partial charge in [-0.15, -0.1) is 0 Å². The first-order valence-electron chi connectivity index (χ1n) is 6.60. The summed E-state index contributed by atoms with van der Waals surface area (Å²) in [5.41, 5.74) is -1.12. The van der Waals surface area contributed by atoms with Crippen molar-refractivity contribution in [1.82, 2.24) is 5.32 Å². The van der Waals surface area contributed by atoms with Crippen molar-refractivity contribution in [3.8, 4) is 0 Å². The number of aliphatic carboxylic acids is 1. The number of carbonyl (C=O) groups is 2. The minimum atomic E-state index is -0.831. The highest BCUT2D eigenvalue weighted by Gasteiger charge is 2.34. The van der Waals surface area contributed by atoms with Gasteiger partial charge in [-0.05, 0) is 31.6 Å². The quantitative estimate of drug-likeness (QED) is 0.748. The van der Waals surface area contributed by atoms with Crippen molar-refractivity contribution in [2.75, 3.05) is 13.2 Å². The lowest BCUT2D eigenvalue weighted by Gasteiger charge is -2.32. The lowest BCUT2D eigenvalue weighted by Crippen LogP contribution is -2.39. The molecule has 1 amide bonds. The average molecular weight is 273 g/mol. The number of ether oxygens (including phenoxy) is 1. The Morgan fingerprint density at radius 3 is 2.16 bits per heavy atom. The number of hydrogen-bond donors (Lipinski definition) is 2. The first-order valence-corrected chi connectivity index (χ1v) is 6.60. The van der Waals surface area contributed by atoms with Gasteiger partial charge in [-0.2, -0.15) is 0 Å². The molecule has 0 aromatic heterocycles. The van der Waals surface area contributed by atoms with Crippen LogP contribution in [-0.2, 0) is 9.53 Å². The highest BCUT2D eigenvalue weighted by molar-refractivity contribution is 5.73. The van der Waals surface area contributed by atoms with Crippen LogP contribution >= 0.6 is 0 Å². The van der Waals surface area contributed by atoms with Crippen LogP contribution in [0.5, 0.6) is 0 Å². The van der Waals surface area contributed by atoms with Crippen molar-refractivity contribution in [3.63, 3.8) is 0 Å². The zero-order valence-corrected chi connectivity index (χ0v) is 12.9. The largest absolute Gasteiger partial charge is 0.481 e. The summed E-state index contributed by atoms with van der Waals surface area (Å²) >= 11 is 0. The Labute approximate surface area is 115 Å². The number of rotatable bonds is 7. The van der Waals surface area contributed by atoms with E-state index in [-0.39, 0.29) is 5.41 Å². The van der Waals surface area contributed by atoms with Crippen LogP contribution in [0.25, 0.3) is 0 Å². The predicted molar refractivity (Wildman–Crippen MR) is 74.0 cm³/mol. The Hall–Kier alpha value is -1.26. The summed E-state index contributed by atoms with van der Waals surface area (Å²) in [6, 6.07) is 0. The topological polar surface area (TPSA) is 75.6 Å². The SMILES string of the molecule is CC(C)COC(=O)NCC(C)(C)CC(C)(C)C(=O)O. The number of amides is 1. The van der Waals surface area contributed by atoms with E-state index in [1.165, 1.54) is 0 Å². The molecule has 5 heteroatoms. The number of carboxylic acid groups (broad SMARTS) is 1. The molecule has 0 saturated heterocycles. The number of hydrogen-bond acceptors (Lipinski definition) is 3. The Balaban J connectivity index is 4.24. The molecule has 0 atom stereocenters. The molecule has 0 unspecified atom stereocenters. The van der Waals surface area contributed by atoms with Crippen LogP contribution in [0.1, 0.15) is 48.0 Å². The van der Waals surface area contributed by atoms with Gasteiger partial charge >= 0.3 is 12.1 Å². The maximum Gasteiger partial charge on any atom is 0.407 e. The van der Waals surface area contributed by atoms with Crippen LogP contribution in [0, 0.1) is 16.7 Å². The monoisotopic (exact) mass is 273 g/mol. The molecule has 0 aliphatic carbocycles. The second-order valence-electron chi connectivity index (χ2n) is 6.88. The molecule has 0 bridgehead atoms. The van der Waals surface area contributed by atoms with Gasteiger partial charge in [-0.3, -0.25) is 4.79 Å². The molecule has 0 heterocycles. The number of nitrogens with one attached hydrogen (secondary N) is 1. The summed E-state index contributed by atoms with van der Waals surface area (Å²) in [6.07, 6.45) is 0.0229. The van der Waals surface area contributed by atoms with E-state index in [1.54, 1.807) is 13.8 Å². The van der Waals surface area contributed by atoms with E-state index < -0.39 is 17.5 Å². The molecule has 0 aromatic carbocycles. The van der Waals surface area contributed by atoms with Crippen LogP contribution < -0.4 is 5.32 Å². The van der Waals surface area contributed by atoms with Crippen molar-refractivity contribution in [3.05, 3.63) is 0 Å². The van der Waals surface area contributed by atoms with Gasteiger partial charge in [-0.25, -0.2) is 4.79 Å². The Kier molecular flexibility index (Phi) is 6.33. The molecule has 0 aliphatic heterocycles. The maximum absolute atomic E-state index is 11.4. The molecule has 0 fully saturated rings. The molecule has 0 spiro atoms. The first-order chi connectivity index (χ1) is 8.46. The molecule has 0 radical (unpaired) electrons. The normalized spacial score (nSPS) is 12.4. The van der Waals surface area contributed by atoms with Gasteiger partial charge in [0.1, 0.15) is 0 Å². The first kappa shape index (κ1) is 17.7. The van der Waals surface area contributed by atoms with E-state index >= 15 is 0 Å². The molecule has 0 saturated carbocycles. The minimum absolute atomic E-state index is 0.296. The fourth-order valence-corrected chi connectivity index (χ4v) is 1.94.